The summed E-state index contributed by atoms with van der Waals surface area (Å²) >= 11 is 1.14. The second-order valence-electron chi connectivity index (χ2n) is 8.99. The number of thiophene rings is 1. The Labute approximate surface area is 210 Å². The van der Waals surface area contributed by atoms with Gasteiger partial charge in [-0.15, -0.1) is 11.3 Å². The summed E-state index contributed by atoms with van der Waals surface area (Å²) < 4.78 is 13.7. The summed E-state index contributed by atoms with van der Waals surface area (Å²) in [6, 6.07) is 19.3. The molecule has 2 aromatic carbocycles. The fraction of sp³-hybridized carbons (Fsp3) is 0.107. The third-order valence-electron chi connectivity index (χ3n) is 6.18. The number of hydrogen-bond acceptors (Lipinski definition) is 4. The Morgan fingerprint density at radius 3 is 2.67 bits per heavy atom. The van der Waals surface area contributed by atoms with Crippen molar-refractivity contribution in [3.8, 4) is 33.0 Å². The van der Waals surface area contributed by atoms with E-state index in [4.69, 9.17) is 0 Å². The van der Waals surface area contributed by atoms with Gasteiger partial charge in [0.05, 0.1) is 23.1 Å². The Morgan fingerprint density at radius 2 is 1.86 bits per heavy atom. The molecule has 0 bridgehead atoms. The number of aromatic amines is 2. The summed E-state index contributed by atoms with van der Waals surface area (Å²) in [7, 11) is 0. The molecule has 6 aromatic rings. The van der Waals surface area contributed by atoms with Gasteiger partial charge >= 0.3 is 0 Å². The van der Waals surface area contributed by atoms with E-state index in [-0.39, 0.29) is 17.0 Å². The zero-order valence-corrected chi connectivity index (χ0v) is 20.4. The van der Waals surface area contributed by atoms with Gasteiger partial charge in [0.2, 0.25) is 5.91 Å². The maximum atomic E-state index is 13.7. The fourth-order valence-corrected chi connectivity index (χ4v) is 5.08. The highest BCUT2D eigenvalue weighted by atomic mass is 32.1. The molecule has 8 heteroatoms. The first-order valence-electron chi connectivity index (χ1n) is 11.6. The molecule has 1 amide bonds. The van der Waals surface area contributed by atoms with Crippen molar-refractivity contribution in [2.75, 3.05) is 5.32 Å². The van der Waals surface area contributed by atoms with E-state index in [0.717, 1.165) is 66.1 Å². The second-order valence-corrected chi connectivity index (χ2v) is 10.0. The molecule has 178 valence electrons. The minimum absolute atomic E-state index is 0.0509. The van der Waals surface area contributed by atoms with Crippen LogP contribution in [0, 0.1) is 11.0 Å². The highest BCUT2D eigenvalue weighted by molar-refractivity contribution is 7.14. The monoisotopic (exact) mass is 495 g/mol. The normalized spacial score (nSPS) is 11.6. The number of fused-ring (bicyclic) bond motifs is 2. The van der Waals surface area contributed by atoms with Crippen LogP contribution in [0.5, 0.6) is 0 Å². The molecule has 3 N–H and O–H groups in total. The summed E-state index contributed by atoms with van der Waals surface area (Å²) in [6.45, 7) is 3.71. The summed E-state index contributed by atoms with van der Waals surface area (Å²) in [4.78, 5) is 20.8. The van der Waals surface area contributed by atoms with Crippen molar-refractivity contribution in [3.05, 3.63) is 78.2 Å². The van der Waals surface area contributed by atoms with Gasteiger partial charge in [0, 0.05) is 44.4 Å². The Kier molecular flexibility index (Phi) is 5.38. The van der Waals surface area contributed by atoms with Crippen LogP contribution in [0.2, 0.25) is 0 Å². The lowest BCUT2D eigenvalue weighted by atomic mass is 10.0. The minimum atomic E-state index is -0.203. The number of hydrogen-bond donors (Lipinski definition) is 3. The standard InChI is InChI=1S/C28H22FN5OS/c1-15(2)28(35)31-18-10-17(13-30-14-18)16-6-7-23-21(11-16)27(34-33-23)24-12-20-19(4-3-5-22(20)32-24)25-8-9-26(29)36-25/h3-15,32H,1-2H3,(H,31,35)(H,33,34). The van der Waals surface area contributed by atoms with Crippen LogP contribution in [0.1, 0.15) is 13.8 Å². The molecule has 0 unspecified atom stereocenters. The molecule has 6 nitrogen and oxygen atoms in total. The van der Waals surface area contributed by atoms with Crippen molar-refractivity contribution in [2.24, 2.45) is 5.92 Å². The number of halogens is 1. The van der Waals surface area contributed by atoms with Gasteiger partial charge in [0.25, 0.3) is 0 Å². The van der Waals surface area contributed by atoms with Crippen molar-refractivity contribution in [3.63, 3.8) is 0 Å². The van der Waals surface area contributed by atoms with E-state index >= 15 is 0 Å². The van der Waals surface area contributed by atoms with Crippen LogP contribution >= 0.6 is 11.3 Å². The zero-order valence-electron chi connectivity index (χ0n) is 19.6. The number of anilines is 1. The van der Waals surface area contributed by atoms with Crippen molar-refractivity contribution in [1.82, 2.24) is 20.2 Å². The van der Waals surface area contributed by atoms with Gasteiger partial charge in [-0.25, -0.2) is 0 Å². The topological polar surface area (TPSA) is 86.5 Å². The van der Waals surface area contributed by atoms with E-state index in [9.17, 15) is 9.18 Å². The van der Waals surface area contributed by atoms with Crippen LogP contribution in [-0.4, -0.2) is 26.1 Å². The van der Waals surface area contributed by atoms with Crippen LogP contribution in [0.4, 0.5) is 10.1 Å². The number of amides is 1. The third kappa shape index (κ3) is 3.95. The lowest BCUT2D eigenvalue weighted by Crippen LogP contribution is -2.17. The van der Waals surface area contributed by atoms with Gasteiger partial charge < -0.3 is 10.3 Å². The number of aromatic nitrogens is 4. The van der Waals surface area contributed by atoms with Crippen LogP contribution in [0.15, 0.2) is 73.1 Å². The van der Waals surface area contributed by atoms with Gasteiger partial charge in [-0.05, 0) is 48.0 Å². The van der Waals surface area contributed by atoms with E-state index in [1.165, 1.54) is 6.07 Å². The number of H-pyrrole nitrogens is 2. The largest absolute Gasteiger partial charge is 0.353 e. The molecule has 0 aliphatic carbocycles. The highest BCUT2D eigenvalue weighted by Gasteiger charge is 2.15. The molecule has 0 aliphatic heterocycles. The number of nitrogens with one attached hydrogen (secondary N) is 3. The molecule has 0 radical (unpaired) electrons. The average molecular weight is 496 g/mol. The predicted octanol–water partition coefficient (Wildman–Crippen LogP) is 7.24. The minimum Gasteiger partial charge on any atom is -0.353 e. The lowest BCUT2D eigenvalue weighted by Gasteiger charge is -2.09. The SMILES string of the molecule is CC(C)C(=O)Nc1cncc(-c2ccc3[nH]nc(-c4cc5c(-c6ccc(F)s6)cccc5[nH]4)c3c2)c1. The summed E-state index contributed by atoms with van der Waals surface area (Å²) in [5.74, 6) is -0.167. The third-order valence-corrected chi connectivity index (χ3v) is 7.09. The molecule has 0 aliphatic rings. The highest BCUT2D eigenvalue weighted by Crippen LogP contribution is 2.37. The Balaban J connectivity index is 1.41. The number of benzene rings is 2. The smallest absolute Gasteiger partial charge is 0.226 e. The van der Waals surface area contributed by atoms with Crippen molar-refractivity contribution >= 4 is 44.7 Å². The summed E-state index contributed by atoms with van der Waals surface area (Å²) in [6.07, 6.45) is 3.43. The molecule has 0 fully saturated rings. The van der Waals surface area contributed by atoms with Crippen molar-refractivity contribution in [1.29, 1.82) is 0 Å². The fourth-order valence-electron chi connectivity index (χ4n) is 4.31. The van der Waals surface area contributed by atoms with Gasteiger partial charge in [0.15, 0.2) is 5.13 Å². The Hall–Kier alpha value is -4.30. The molecule has 4 aromatic heterocycles. The van der Waals surface area contributed by atoms with Crippen molar-refractivity contribution in [2.45, 2.75) is 13.8 Å². The molecule has 0 saturated heterocycles. The van der Waals surface area contributed by atoms with Crippen LogP contribution in [-0.2, 0) is 4.79 Å². The van der Waals surface area contributed by atoms with Gasteiger partial charge in [-0.3, -0.25) is 14.9 Å². The average Bonchev–Trinajstić information content (AvgIpc) is 3.61. The zero-order chi connectivity index (χ0) is 24.8. The molecule has 6 rings (SSSR count). The first-order chi connectivity index (χ1) is 17.5. The molecular weight excluding hydrogens is 473 g/mol. The number of carbonyl (C=O) groups excluding carboxylic acids is 1. The van der Waals surface area contributed by atoms with Crippen LogP contribution in [0.25, 0.3) is 54.8 Å². The quantitative estimate of drug-likeness (QED) is 0.236. The van der Waals surface area contributed by atoms with E-state index in [1.54, 1.807) is 12.4 Å². The maximum absolute atomic E-state index is 13.7. The first-order valence-corrected chi connectivity index (χ1v) is 12.4. The lowest BCUT2D eigenvalue weighted by molar-refractivity contribution is -0.118. The number of rotatable bonds is 5. The van der Waals surface area contributed by atoms with Gasteiger partial charge in [-0.2, -0.15) is 9.49 Å². The predicted molar refractivity (Wildman–Crippen MR) is 143 cm³/mol. The first kappa shape index (κ1) is 22.2. The number of nitrogens with zero attached hydrogens (tertiary/aromatic N) is 2. The molecule has 0 spiro atoms. The molecule has 4 heterocycles. The number of carbonyl (C=O) groups is 1. The number of pyridine rings is 1. The van der Waals surface area contributed by atoms with Crippen molar-refractivity contribution < 1.29 is 9.18 Å². The van der Waals surface area contributed by atoms with Gasteiger partial charge in [0.1, 0.15) is 5.69 Å². The summed E-state index contributed by atoms with van der Waals surface area (Å²) in [5, 5.41) is 12.4. The van der Waals surface area contributed by atoms with E-state index in [2.05, 4.69) is 37.6 Å². The molecular formula is C28H22FN5OS. The van der Waals surface area contributed by atoms with E-state index in [1.807, 2.05) is 56.3 Å². The van der Waals surface area contributed by atoms with Crippen LogP contribution < -0.4 is 5.32 Å². The molecule has 36 heavy (non-hydrogen) atoms. The second kappa shape index (κ2) is 8.73. The van der Waals surface area contributed by atoms with Crippen LogP contribution in [0.3, 0.4) is 0 Å². The van der Waals surface area contributed by atoms with E-state index in [0.29, 0.717) is 5.69 Å². The van der Waals surface area contributed by atoms with Gasteiger partial charge in [-0.1, -0.05) is 32.0 Å². The maximum Gasteiger partial charge on any atom is 0.226 e. The molecule has 0 atom stereocenters. The molecule has 0 saturated carbocycles. The Bertz CT molecular complexity index is 1750. The summed E-state index contributed by atoms with van der Waals surface area (Å²) in [5.41, 5.74) is 7.03. The van der Waals surface area contributed by atoms with E-state index < -0.39 is 0 Å². The Morgan fingerprint density at radius 1 is 0.972 bits per heavy atom.